The minimum atomic E-state index is -0.703. The van der Waals surface area contributed by atoms with E-state index >= 15 is 0 Å². The van der Waals surface area contributed by atoms with Crippen molar-refractivity contribution >= 4 is 17.6 Å². The number of aliphatic imine (C=N–C) groups is 1. The van der Waals surface area contributed by atoms with Crippen LogP contribution >= 0.6 is 0 Å². The minimum absolute atomic E-state index is 0.122. The van der Waals surface area contributed by atoms with Gasteiger partial charge in [-0.15, -0.1) is 0 Å². The van der Waals surface area contributed by atoms with Gasteiger partial charge in [-0.25, -0.2) is 0 Å². The maximum absolute atomic E-state index is 11.5. The molecule has 0 aliphatic carbocycles. The normalized spacial score (nSPS) is 14.2. The van der Waals surface area contributed by atoms with E-state index in [0.29, 0.717) is 5.84 Å². The van der Waals surface area contributed by atoms with E-state index in [4.69, 9.17) is 4.42 Å². The Morgan fingerprint density at radius 2 is 2.35 bits per heavy atom. The largest absolute Gasteiger partial charge is 0.433 e. The molecule has 0 saturated heterocycles. The fourth-order valence-corrected chi connectivity index (χ4v) is 1.38. The summed E-state index contributed by atoms with van der Waals surface area (Å²) < 4.78 is 4.73. The molecular formula is C9H10N4O4. The van der Waals surface area contributed by atoms with E-state index in [2.05, 4.69) is 15.8 Å². The van der Waals surface area contributed by atoms with Crippen LogP contribution in [0.2, 0.25) is 0 Å². The van der Waals surface area contributed by atoms with Gasteiger partial charge in [-0.3, -0.25) is 30.8 Å². The lowest BCUT2D eigenvalue weighted by atomic mass is 10.3. The van der Waals surface area contributed by atoms with Crippen LogP contribution in [0.5, 0.6) is 0 Å². The van der Waals surface area contributed by atoms with Crippen LogP contribution in [0.15, 0.2) is 21.5 Å². The highest BCUT2D eigenvalue weighted by Gasteiger charge is 2.17. The standard InChI is InChI=1S/C9H10N4O4/c14-9(12-11-7-2-1-5-10-7)6-3-4-8(17-6)13(15)16/h3-4H,1-2,5H2,(H,10,11)(H,12,14). The second-order valence-corrected chi connectivity index (χ2v) is 3.41. The maximum Gasteiger partial charge on any atom is 0.433 e. The third-order valence-electron chi connectivity index (χ3n) is 2.19. The van der Waals surface area contributed by atoms with Crippen LogP contribution < -0.4 is 10.9 Å². The molecule has 0 atom stereocenters. The van der Waals surface area contributed by atoms with Crippen molar-refractivity contribution in [2.24, 2.45) is 4.99 Å². The van der Waals surface area contributed by atoms with E-state index in [1.54, 1.807) is 0 Å². The SMILES string of the molecule is O=C(NNC1=NCCC1)c1ccc([N+](=O)[O-])o1. The lowest BCUT2D eigenvalue weighted by Crippen LogP contribution is -2.40. The van der Waals surface area contributed by atoms with Gasteiger partial charge in [0.05, 0.1) is 6.07 Å². The van der Waals surface area contributed by atoms with Crippen molar-refractivity contribution in [3.63, 3.8) is 0 Å². The van der Waals surface area contributed by atoms with E-state index in [0.717, 1.165) is 25.5 Å². The molecule has 2 N–H and O–H groups in total. The molecule has 1 aromatic heterocycles. The molecule has 8 heteroatoms. The second kappa shape index (κ2) is 4.64. The van der Waals surface area contributed by atoms with Crippen LogP contribution in [0.25, 0.3) is 0 Å². The highest BCUT2D eigenvalue weighted by molar-refractivity contribution is 5.94. The number of furan rings is 1. The predicted molar refractivity (Wildman–Crippen MR) is 57.5 cm³/mol. The predicted octanol–water partition coefficient (Wildman–Crippen LogP) is 0.614. The van der Waals surface area contributed by atoms with Gasteiger partial charge in [0, 0.05) is 13.0 Å². The summed E-state index contributed by atoms with van der Waals surface area (Å²) in [5.74, 6) is -0.469. The Labute approximate surface area is 95.8 Å². The first-order chi connectivity index (χ1) is 8.16. The van der Waals surface area contributed by atoms with Gasteiger partial charge in [-0.05, 0) is 12.5 Å². The summed E-state index contributed by atoms with van der Waals surface area (Å²) >= 11 is 0. The van der Waals surface area contributed by atoms with Crippen LogP contribution in [0, 0.1) is 10.1 Å². The molecule has 17 heavy (non-hydrogen) atoms. The molecule has 0 aromatic carbocycles. The fourth-order valence-electron chi connectivity index (χ4n) is 1.38. The molecule has 90 valence electrons. The number of hydrogen-bond acceptors (Lipinski definition) is 6. The second-order valence-electron chi connectivity index (χ2n) is 3.41. The molecule has 0 radical (unpaired) electrons. The van der Waals surface area contributed by atoms with E-state index in [1.807, 2.05) is 0 Å². The zero-order chi connectivity index (χ0) is 12.3. The van der Waals surface area contributed by atoms with Gasteiger partial charge in [0.2, 0.25) is 5.76 Å². The maximum atomic E-state index is 11.5. The number of nitrogens with one attached hydrogen (secondary N) is 2. The van der Waals surface area contributed by atoms with E-state index in [1.165, 1.54) is 6.07 Å². The van der Waals surface area contributed by atoms with Crippen molar-refractivity contribution in [1.29, 1.82) is 0 Å². The van der Waals surface area contributed by atoms with Gasteiger partial charge in [-0.1, -0.05) is 0 Å². The molecule has 1 amide bonds. The van der Waals surface area contributed by atoms with Crippen LogP contribution in [0.4, 0.5) is 5.88 Å². The molecule has 1 aliphatic heterocycles. The number of carbonyl (C=O) groups excluding carboxylic acids is 1. The molecule has 2 rings (SSSR count). The number of nitro groups is 1. The topological polar surface area (TPSA) is 110 Å². The van der Waals surface area contributed by atoms with Crippen molar-refractivity contribution < 1.29 is 14.1 Å². The molecule has 0 spiro atoms. The summed E-state index contributed by atoms with van der Waals surface area (Å²) in [5, 5.41) is 10.3. The number of rotatable bonds is 2. The Morgan fingerprint density at radius 3 is 2.94 bits per heavy atom. The molecule has 2 heterocycles. The number of amidine groups is 1. The van der Waals surface area contributed by atoms with Crippen molar-refractivity contribution in [3.8, 4) is 0 Å². The van der Waals surface area contributed by atoms with Gasteiger partial charge in [0.25, 0.3) is 0 Å². The third kappa shape index (κ3) is 2.60. The zero-order valence-electron chi connectivity index (χ0n) is 8.80. The van der Waals surface area contributed by atoms with Gasteiger partial charge >= 0.3 is 11.8 Å². The van der Waals surface area contributed by atoms with Crippen molar-refractivity contribution in [1.82, 2.24) is 10.9 Å². The quantitative estimate of drug-likeness (QED) is 0.579. The lowest BCUT2D eigenvalue weighted by Gasteiger charge is -2.05. The van der Waals surface area contributed by atoms with Gasteiger partial charge in [0.1, 0.15) is 10.8 Å². The first-order valence-corrected chi connectivity index (χ1v) is 5.01. The van der Waals surface area contributed by atoms with Crippen molar-refractivity contribution in [3.05, 3.63) is 28.0 Å². The van der Waals surface area contributed by atoms with Crippen LogP contribution in [0.1, 0.15) is 23.4 Å². The zero-order valence-corrected chi connectivity index (χ0v) is 8.80. The summed E-state index contributed by atoms with van der Waals surface area (Å²) in [5.41, 5.74) is 5.00. The van der Waals surface area contributed by atoms with Crippen molar-refractivity contribution in [2.75, 3.05) is 6.54 Å². The smallest absolute Gasteiger partial charge is 0.395 e. The number of hydrogen-bond donors (Lipinski definition) is 2. The molecule has 1 aromatic rings. The summed E-state index contributed by atoms with van der Waals surface area (Å²) in [6.07, 6.45) is 1.73. The number of carbonyl (C=O) groups is 1. The molecule has 8 nitrogen and oxygen atoms in total. The third-order valence-corrected chi connectivity index (χ3v) is 2.19. The van der Waals surface area contributed by atoms with E-state index in [9.17, 15) is 14.9 Å². The van der Waals surface area contributed by atoms with Crippen molar-refractivity contribution in [2.45, 2.75) is 12.8 Å². The first kappa shape index (κ1) is 11.1. The summed E-state index contributed by atoms with van der Waals surface area (Å²) in [6, 6.07) is 2.37. The molecule has 1 aliphatic rings. The van der Waals surface area contributed by atoms with Gasteiger partial charge < -0.3 is 4.42 Å². The number of hydrazine groups is 1. The number of amides is 1. The van der Waals surface area contributed by atoms with Crippen LogP contribution in [-0.4, -0.2) is 23.2 Å². The Balaban J connectivity index is 1.92. The molecule has 0 fully saturated rings. The Morgan fingerprint density at radius 1 is 1.53 bits per heavy atom. The van der Waals surface area contributed by atoms with E-state index < -0.39 is 16.7 Å². The lowest BCUT2D eigenvalue weighted by molar-refractivity contribution is -0.402. The highest BCUT2D eigenvalue weighted by Crippen LogP contribution is 2.15. The average Bonchev–Trinajstić information content (AvgIpc) is 2.96. The van der Waals surface area contributed by atoms with E-state index in [-0.39, 0.29) is 5.76 Å². The number of nitrogens with zero attached hydrogens (tertiary/aromatic N) is 2. The van der Waals surface area contributed by atoms with Gasteiger partial charge in [0.15, 0.2) is 0 Å². The van der Waals surface area contributed by atoms with Gasteiger partial charge in [-0.2, -0.15) is 0 Å². The Hall–Kier alpha value is -2.38. The summed E-state index contributed by atoms with van der Waals surface area (Å²) in [6.45, 7) is 0.741. The Kier molecular flexibility index (Phi) is 3.03. The summed E-state index contributed by atoms with van der Waals surface area (Å²) in [4.78, 5) is 25.2. The molecule has 0 bridgehead atoms. The minimum Gasteiger partial charge on any atom is -0.395 e. The fraction of sp³-hybridized carbons (Fsp3) is 0.333. The average molecular weight is 238 g/mol. The molecule has 0 unspecified atom stereocenters. The Bertz CT molecular complexity index is 479. The van der Waals surface area contributed by atoms with Crippen LogP contribution in [-0.2, 0) is 0 Å². The van der Waals surface area contributed by atoms with Crippen LogP contribution in [0.3, 0.4) is 0 Å². The monoisotopic (exact) mass is 238 g/mol. The summed E-state index contributed by atoms with van der Waals surface area (Å²) in [7, 11) is 0. The molecule has 0 saturated carbocycles. The molecular weight excluding hydrogens is 228 g/mol. The highest BCUT2D eigenvalue weighted by atomic mass is 16.6. The first-order valence-electron chi connectivity index (χ1n) is 5.01.